The van der Waals surface area contributed by atoms with E-state index in [9.17, 15) is 4.79 Å². The summed E-state index contributed by atoms with van der Waals surface area (Å²) in [5.74, 6) is 1.55. The van der Waals surface area contributed by atoms with Crippen LogP contribution >= 0.6 is 0 Å². The highest BCUT2D eigenvalue weighted by Crippen LogP contribution is 2.50. The largest absolute Gasteiger partial charge is 0.368 e. The lowest BCUT2D eigenvalue weighted by atomic mass is 9.77. The first kappa shape index (κ1) is 24.5. The molecular weight excluding hydrogens is 470 g/mol. The van der Waals surface area contributed by atoms with Crippen molar-refractivity contribution in [2.24, 2.45) is 5.92 Å². The highest BCUT2D eigenvalue weighted by Gasteiger charge is 2.47. The molecule has 1 fully saturated rings. The van der Waals surface area contributed by atoms with Crippen LogP contribution in [0.25, 0.3) is 22.7 Å². The molecule has 5 rings (SSSR count). The Morgan fingerprint density at radius 2 is 1.81 bits per heavy atom. The molecule has 0 unspecified atom stereocenters. The van der Waals surface area contributed by atoms with Gasteiger partial charge in [-0.25, -0.2) is 9.97 Å². The van der Waals surface area contributed by atoms with Crippen LogP contribution in [-0.4, -0.2) is 58.3 Å². The number of carbonyl (C=O) groups is 1. The van der Waals surface area contributed by atoms with Crippen molar-refractivity contribution in [1.29, 1.82) is 0 Å². The Morgan fingerprint density at radius 1 is 1.08 bits per heavy atom. The van der Waals surface area contributed by atoms with E-state index in [1.165, 1.54) is 0 Å². The molecule has 1 atom stereocenters. The molecule has 192 valence electrons. The Balaban J connectivity index is 1.37. The molecular formula is C26H31N9O2. The van der Waals surface area contributed by atoms with Crippen molar-refractivity contribution < 1.29 is 9.32 Å². The number of nitrogens with two attached hydrogens (primary N) is 1. The molecule has 0 saturated heterocycles. The van der Waals surface area contributed by atoms with Crippen LogP contribution in [0.2, 0.25) is 0 Å². The Labute approximate surface area is 215 Å². The molecule has 0 bridgehead atoms. The fourth-order valence-electron chi connectivity index (χ4n) is 4.28. The van der Waals surface area contributed by atoms with Crippen molar-refractivity contribution in [1.82, 2.24) is 39.8 Å². The number of hydrogen-bond donors (Lipinski definition) is 1. The van der Waals surface area contributed by atoms with E-state index in [0.29, 0.717) is 23.2 Å². The fourth-order valence-corrected chi connectivity index (χ4v) is 4.28. The van der Waals surface area contributed by atoms with Crippen LogP contribution in [0.1, 0.15) is 51.9 Å². The van der Waals surface area contributed by atoms with Gasteiger partial charge in [0, 0.05) is 42.9 Å². The normalized spacial score (nSPS) is 15.4. The third-order valence-electron chi connectivity index (χ3n) is 7.17. The van der Waals surface area contributed by atoms with Gasteiger partial charge < -0.3 is 15.2 Å². The Hall–Kier alpha value is -4.15. The van der Waals surface area contributed by atoms with E-state index in [4.69, 9.17) is 15.2 Å². The number of aromatic nitrogens is 7. The first-order valence-corrected chi connectivity index (χ1v) is 12.2. The molecule has 0 aliphatic heterocycles. The lowest BCUT2D eigenvalue weighted by molar-refractivity contribution is -0.134. The summed E-state index contributed by atoms with van der Waals surface area (Å²) < 4.78 is 7.25. The van der Waals surface area contributed by atoms with Crippen LogP contribution in [0.15, 0.2) is 47.6 Å². The molecule has 0 aromatic carbocycles. The lowest BCUT2D eigenvalue weighted by Crippen LogP contribution is -2.44. The summed E-state index contributed by atoms with van der Waals surface area (Å²) in [6.07, 6.45) is 10.7. The molecule has 1 saturated carbocycles. The van der Waals surface area contributed by atoms with Gasteiger partial charge in [0.25, 0.3) is 5.89 Å². The van der Waals surface area contributed by atoms with Crippen LogP contribution in [0, 0.1) is 5.92 Å². The third kappa shape index (κ3) is 4.81. The molecule has 1 amide bonds. The highest BCUT2D eigenvalue weighted by molar-refractivity contribution is 5.76. The standard InChI is InChI=1S/C26H31N9O2/c1-25(2,3)34(5)21(36)15-35-14-17(12-31-35)22-32-23(33-37-22)26(4,18-6-7-18)19-8-9-20(28-13-19)16-10-29-24(27)30-11-16/h8-14,18H,6-7,15H2,1-5H3,(H2,27,29,30)/t26-/m1/s1. The quantitative estimate of drug-likeness (QED) is 0.403. The molecule has 11 nitrogen and oxygen atoms in total. The average molecular weight is 502 g/mol. The van der Waals surface area contributed by atoms with Crippen LogP contribution in [0.3, 0.4) is 0 Å². The van der Waals surface area contributed by atoms with Crippen molar-refractivity contribution in [3.05, 3.63) is 54.5 Å². The first-order valence-electron chi connectivity index (χ1n) is 12.2. The van der Waals surface area contributed by atoms with Crippen LogP contribution in [0.5, 0.6) is 0 Å². The minimum Gasteiger partial charge on any atom is -0.368 e. The van der Waals surface area contributed by atoms with Gasteiger partial charge in [-0.3, -0.25) is 14.5 Å². The number of hydrogen-bond acceptors (Lipinski definition) is 9. The van der Waals surface area contributed by atoms with Gasteiger partial charge in [-0.2, -0.15) is 10.1 Å². The van der Waals surface area contributed by atoms with Crippen molar-refractivity contribution >= 4 is 11.9 Å². The zero-order valence-electron chi connectivity index (χ0n) is 21.7. The van der Waals surface area contributed by atoms with E-state index >= 15 is 0 Å². The molecule has 0 spiro atoms. The van der Waals surface area contributed by atoms with Gasteiger partial charge in [0.05, 0.1) is 22.9 Å². The Morgan fingerprint density at radius 3 is 2.43 bits per heavy atom. The molecule has 4 aromatic heterocycles. The van der Waals surface area contributed by atoms with Gasteiger partial charge >= 0.3 is 0 Å². The van der Waals surface area contributed by atoms with Gasteiger partial charge in [0.1, 0.15) is 6.54 Å². The molecule has 0 radical (unpaired) electrons. The fraction of sp³-hybridized carbons (Fsp3) is 0.423. The summed E-state index contributed by atoms with van der Waals surface area (Å²) in [6.45, 7) is 8.24. The number of nitrogens with zero attached hydrogens (tertiary/aromatic N) is 8. The van der Waals surface area contributed by atoms with Gasteiger partial charge in [-0.1, -0.05) is 11.2 Å². The predicted octanol–water partition coefficient (Wildman–Crippen LogP) is 3.34. The SMILES string of the molecule is CN(C(=O)Cn1cc(-c2nc([C@@](C)(c3ccc(-c4cnc(N)nc4)nc3)C3CC3)no2)cn1)C(C)(C)C. The molecule has 1 aliphatic rings. The minimum atomic E-state index is -0.452. The Bertz CT molecular complexity index is 1400. The summed E-state index contributed by atoms with van der Waals surface area (Å²) in [6, 6.07) is 3.99. The van der Waals surface area contributed by atoms with E-state index < -0.39 is 5.41 Å². The molecule has 2 N–H and O–H groups in total. The van der Waals surface area contributed by atoms with Crippen molar-refractivity contribution in [2.45, 2.75) is 58.0 Å². The van der Waals surface area contributed by atoms with Crippen molar-refractivity contribution in [3.8, 4) is 22.7 Å². The summed E-state index contributed by atoms with van der Waals surface area (Å²) in [4.78, 5) is 31.8. The monoisotopic (exact) mass is 501 g/mol. The summed E-state index contributed by atoms with van der Waals surface area (Å²) in [7, 11) is 1.79. The van der Waals surface area contributed by atoms with Crippen LogP contribution < -0.4 is 5.73 Å². The highest BCUT2D eigenvalue weighted by atomic mass is 16.5. The van der Waals surface area contributed by atoms with E-state index in [2.05, 4.69) is 32.1 Å². The van der Waals surface area contributed by atoms with Crippen LogP contribution in [-0.2, 0) is 16.8 Å². The second kappa shape index (κ2) is 9.06. The molecule has 4 heterocycles. The van der Waals surface area contributed by atoms with E-state index in [1.807, 2.05) is 39.1 Å². The number of nitrogen functional groups attached to an aromatic ring is 1. The molecule has 4 aromatic rings. The number of rotatable bonds is 7. The summed E-state index contributed by atoms with van der Waals surface area (Å²) >= 11 is 0. The van der Waals surface area contributed by atoms with Gasteiger partial charge in [-0.15, -0.1) is 0 Å². The lowest BCUT2D eigenvalue weighted by Gasteiger charge is -2.31. The summed E-state index contributed by atoms with van der Waals surface area (Å²) in [5, 5.41) is 8.69. The maximum atomic E-state index is 12.6. The number of amides is 1. The van der Waals surface area contributed by atoms with Crippen LogP contribution in [0.4, 0.5) is 5.95 Å². The predicted molar refractivity (Wildman–Crippen MR) is 137 cm³/mol. The smallest absolute Gasteiger partial charge is 0.261 e. The van der Waals surface area contributed by atoms with Crippen molar-refractivity contribution in [3.63, 3.8) is 0 Å². The van der Waals surface area contributed by atoms with E-state index in [-0.39, 0.29) is 23.9 Å². The maximum Gasteiger partial charge on any atom is 0.261 e. The topological polar surface area (TPSA) is 142 Å². The average Bonchev–Trinajstić information content (AvgIpc) is 3.43. The summed E-state index contributed by atoms with van der Waals surface area (Å²) in [5.41, 5.74) is 8.10. The van der Waals surface area contributed by atoms with Gasteiger partial charge in [0.2, 0.25) is 11.9 Å². The van der Waals surface area contributed by atoms with E-state index in [1.54, 1.807) is 41.4 Å². The first-order chi connectivity index (χ1) is 17.6. The number of anilines is 1. The molecule has 37 heavy (non-hydrogen) atoms. The Kier molecular flexibility index (Phi) is 6.01. The van der Waals surface area contributed by atoms with Gasteiger partial charge in [-0.05, 0) is 58.1 Å². The molecule has 11 heteroatoms. The number of carbonyl (C=O) groups excluding carboxylic acids is 1. The minimum absolute atomic E-state index is 0.0313. The van der Waals surface area contributed by atoms with E-state index in [0.717, 1.165) is 29.7 Å². The third-order valence-corrected chi connectivity index (χ3v) is 7.17. The maximum absolute atomic E-state index is 12.6. The van der Waals surface area contributed by atoms with Crippen molar-refractivity contribution in [2.75, 3.05) is 12.8 Å². The number of likely N-dealkylation sites (N-methyl/N-ethyl adjacent to an activating group) is 1. The molecule has 1 aliphatic carbocycles. The van der Waals surface area contributed by atoms with Gasteiger partial charge in [0.15, 0.2) is 5.82 Å². The zero-order chi connectivity index (χ0) is 26.4. The second-order valence-corrected chi connectivity index (χ2v) is 10.7. The zero-order valence-corrected chi connectivity index (χ0v) is 21.7. The second-order valence-electron chi connectivity index (χ2n) is 10.7. The number of pyridine rings is 1.